The zero-order valence-electron chi connectivity index (χ0n) is 8.49. The van der Waals surface area contributed by atoms with Crippen molar-refractivity contribution < 1.29 is 0 Å². The highest BCUT2D eigenvalue weighted by atomic mass is 32.1. The highest BCUT2D eigenvalue weighted by Crippen LogP contribution is 2.45. The molecule has 1 aliphatic carbocycles. The Balaban J connectivity index is 2.67. The predicted molar refractivity (Wildman–Crippen MR) is 65.6 cm³/mol. The molecular formula is C13H14S. The molecule has 1 aromatic carbocycles. The van der Waals surface area contributed by atoms with Crippen molar-refractivity contribution in [2.45, 2.75) is 19.8 Å². The van der Waals surface area contributed by atoms with Crippen LogP contribution in [0.15, 0.2) is 41.3 Å². The van der Waals surface area contributed by atoms with Crippen LogP contribution in [-0.2, 0) is 0 Å². The first-order valence-corrected chi connectivity index (χ1v) is 5.41. The van der Waals surface area contributed by atoms with Crippen LogP contribution in [0.5, 0.6) is 0 Å². The fraction of sp³-hybridized carbons (Fsp3) is 0.231. The number of hydrogen-bond donors (Lipinski definition) is 1. The molecule has 0 bridgehead atoms. The summed E-state index contributed by atoms with van der Waals surface area (Å²) in [5, 5.41) is 1.93. The third-order valence-electron chi connectivity index (χ3n) is 2.92. The lowest BCUT2D eigenvalue weighted by molar-refractivity contribution is 0.961. The van der Waals surface area contributed by atoms with E-state index >= 15 is 0 Å². The molecule has 0 saturated carbocycles. The normalized spacial score (nSPS) is 25.8. The largest absolute Gasteiger partial charge is 0.151 e. The fourth-order valence-electron chi connectivity index (χ4n) is 2.18. The first kappa shape index (κ1) is 9.60. The van der Waals surface area contributed by atoms with Gasteiger partial charge < -0.3 is 0 Å². The summed E-state index contributed by atoms with van der Waals surface area (Å²) < 4.78 is 0. The molecule has 1 unspecified atom stereocenters. The summed E-state index contributed by atoms with van der Waals surface area (Å²) in [7, 11) is 0. The molecule has 0 spiro atoms. The zero-order chi connectivity index (χ0) is 10.1. The molecule has 2 rings (SSSR count). The Kier molecular flexibility index (Phi) is 2.51. The summed E-state index contributed by atoms with van der Waals surface area (Å²) >= 11 is 4.29. The minimum atomic E-state index is 0.481. The Bertz CT molecular complexity index is 413. The monoisotopic (exact) mass is 202 g/mol. The molecule has 1 atom stereocenters. The standard InChI is InChI=1S/C13H14S/c1-3-10-12-7-5-4-6-11(12)9(2)13(10)8-14/h3-9,14H,1-2H3/b10-3-,13-8-. The van der Waals surface area contributed by atoms with E-state index in [2.05, 4.69) is 56.8 Å². The van der Waals surface area contributed by atoms with E-state index in [0.29, 0.717) is 5.92 Å². The number of allylic oxidation sites excluding steroid dienone is 3. The van der Waals surface area contributed by atoms with E-state index in [9.17, 15) is 0 Å². The minimum Gasteiger partial charge on any atom is -0.151 e. The van der Waals surface area contributed by atoms with E-state index in [1.807, 2.05) is 5.41 Å². The van der Waals surface area contributed by atoms with Crippen molar-refractivity contribution in [3.63, 3.8) is 0 Å². The Morgan fingerprint density at radius 1 is 1.29 bits per heavy atom. The number of fused-ring (bicyclic) bond motifs is 1. The molecule has 0 amide bonds. The van der Waals surface area contributed by atoms with Crippen LogP contribution in [0.25, 0.3) is 5.57 Å². The lowest BCUT2D eigenvalue weighted by atomic mass is 10.0. The lowest BCUT2D eigenvalue weighted by Crippen LogP contribution is -1.87. The summed E-state index contributed by atoms with van der Waals surface area (Å²) in [6.45, 7) is 4.32. The number of thiol groups is 1. The molecule has 14 heavy (non-hydrogen) atoms. The lowest BCUT2D eigenvalue weighted by Gasteiger charge is -2.04. The molecule has 0 saturated heterocycles. The van der Waals surface area contributed by atoms with Crippen LogP contribution in [0.1, 0.15) is 30.9 Å². The molecule has 0 radical (unpaired) electrons. The van der Waals surface area contributed by atoms with Crippen LogP contribution in [0.2, 0.25) is 0 Å². The quantitative estimate of drug-likeness (QED) is 0.603. The van der Waals surface area contributed by atoms with Crippen molar-refractivity contribution in [1.29, 1.82) is 0 Å². The van der Waals surface area contributed by atoms with Gasteiger partial charge in [-0.2, -0.15) is 12.6 Å². The predicted octanol–water partition coefficient (Wildman–Crippen LogP) is 4.02. The summed E-state index contributed by atoms with van der Waals surface area (Å²) in [5.74, 6) is 0.481. The second-order valence-corrected chi connectivity index (χ2v) is 3.85. The fourth-order valence-corrected chi connectivity index (χ4v) is 2.54. The number of hydrogen-bond acceptors (Lipinski definition) is 1. The van der Waals surface area contributed by atoms with Gasteiger partial charge in [-0.25, -0.2) is 0 Å². The van der Waals surface area contributed by atoms with E-state index in [0.717, 1.165) is 0 Å². The molecule has 72 valence electrons. The average molecular weight is 202 g/mol. The minimum absolute atomic E-state index is 0.481. The van der Waals surface area contributed by atoms with Crippen molar-refractivity contribution in [3.05, 3.63) is 52.4 Å². The van der Waals surface area contributed by atoms with Crippen LogP contribution in [0, 0.1) is 0 Å². The number of rotatable bonds is 0. The summed E-state index contributed by atoms with van der Waals surface area (Å²) in [6, 6.07) is 8.58. The van der Waals surface area contributed by atoms with Gasteiger partial charge in [-0.15, -0.1) is 0 Å². The molecule has 0 heterocycles. The summed E-state index contributed by atoms with van der Waals surface area (Å²) in [5.41, 5.74) is 5.45. The molecule has 1 heteroatoms. The maximum Gasteiger partial charge on any atom is 0.00781 e. The summed E-state index contributed by atoms with van der Waals surface area (Å²) in [6.07, 6.45) is 2.17. The van der Waals surface area contributed by atoms with Crippen LogP contribution in [0.3, 0.4) is 0 Å². The maximum absolute atomic E-state index is 4.29. The second-order valence-electron chi connectivity index (χ2n) is 3.60. The van der Waals surface area contributed by atoms with Crippen molar-refractivity contribution in [2.24, 2.45) is 0 Å². The first-order valence-electron chi connectivity index (χ1n) is 4.89. The first-order chi connectivity index (χ1) is 6.79. The van der Waals surface area contributed by atoms with E-state index in [1.54, 1.807) is 0 Å². The van der Waals surface area contributed by atoms with Crippen LogP contribution >= 0.6 is 12.6 Å². The van der Waals surface area contributed by atoms with E-state index in [4.69, 9.17) is 0 Å². The highest BCUT2D eigenvalue weighted by Gasteiger charge is 2.26. The molecular weight excluding hydrogens is 188 g/mol. The van der Waals surface area contributed by atoms with Crippen molar-refractivity contribution in [1.82, 2.24) is 0 Å². The van der Waals surface area contributed by atoms with Crippen LogP contribution in [0.4, 0.5) is 0 Å². The van der Waals surface area contributed by atoms with Gasteiger partial charge in [-0.1, -0.05) is 37.3 Å². The maximum atomic E-state index is 4.29. The van der Waals surface area contributed by atoms with E-state index in [1.165, 1.54) is 22.3 Å². The molecule has 0 aromatic heterocycles. The molecule has 1 aromatic rings. The van der Waals surface area contributed by atoms with Gasteiger partial charge in [-0.3, -0.25) is 0 Å². The van der Waals surface area contributed by atoms with Gasteiger partial charge in [-0.05, 0) is 34.6 Å². The SMILES string of the molecule is C/C=C1\C(=C/S)C(C)c2ccccc21. The Labute approximate surface area is 90.8 Å². The smallest absolute Gasteiger partial charge is 0.00781 e. The Morgan fingerprint density at radius 3 is 2.64 bits per heavy atom. The van der Waals surface area contributed by atoms with Gasteiger partial charge in [0.25, 0.3) is 0 Å². The highest BCUT2D eigenvalue weighted by molar-refractivity contribution is 7.83. The summed E-state index contributed by atoms with van der Waals surface area (Å²) in [4.78, 5) is 0. The van der Waals surface area contributed by atoms with Gasteiger partial charge in [0.15, 0.2) is 0 Å². The molecule has 0 fully saturated rings. The van der Waals surface area contributed by atoms with Crippen molar-refractivity contribution in [2.75, 3.05) is 0 Å². The van der Waals surface area contributed by atoms with E-state index in [-0.39, 0.29) is 0 Å². The van der Waals surface area contributed by atoms with Crippen molar-refractivity contribution in [3.8, 4) is 0 Å². The Morgan fingerprint density at radius 2 is 2.00 bits per heavy atom. The van der Waals surface area contributed by atoms with Gasteiger partial charge in [0.2, 0.25) is 0 Å². The van der Waals surface area contributed by atoms with Gasteiger partial charge in [0.05, 0.1) is 0 Å². The second kappa shape index (κ2) is 3.66. The van der Waals surface area contributed by atoms with Crippen LogP contribution < -0.4 is 0 Å². The van der Waals surface area contributed by atoms with Gasteiger partial charge in [0, 0.05) is 5.92 Å². The molecule has 1 aliphatic rings. The molecule has 0 aliphatic heterocycles. The Hall–Kier alpha value is -0.950. The van der Waals surface area contributed by atoms with E-state index < -0.39 is 0 Å². The number of benzene rings is 1. The van der Waals surface area contributed by atoms with Gasteiger partial charge in [0.1, 0.15) is 0 Å². The topological polar surface area (TPSA) is 0 Å². The zero-order valence-corrected chi connectivity index (χ0v) is 9.38. The van der Waals surface area contributed by atoms with Gasteiger partial charge >= 0.3 is 0 Å². The third kappa shape index (κ3) is 1.24. The average Bonchev–Trinajstić information content (AvgIpc) is 2.51. The third-order valence-corrected chi connectivity index (χ3v) is 3.20. The molecule has 0 N–H and O–H groups in total. The van der Waals surface area contributed by atoms with Crippen LogP contribution in [-0.4, -0.2) is 0 Å². The molecule has 0 nitrogen and oxygen atoms in total. The van der Waals surface area contributed by atoms with Crippen molar-refractivity contribution >= 4 is 18.2 Å².